The number of aromatic nitrogens is 3. The fraction of sp³-hybridized carbons (Fsp3) is 0.393. The van der Waals surface area contributed by atoms with E-state index in [2.05, 4.69) is 16.3 Å². The summed E-state index contributed by atoms with van der Waals surface area (Å²) >= 11 is 6.33. The Kier molecular flexibility index (Phi) is 7.15. The van der Waals surface area contributed by atoms with E-state index in [0.29, 0.717) is 29.6 Å². The zero-order chi connectivity index (χ0) is 27.0. The van der Waals surface area contributed by atoms with Crippen LogP contribution in [0.2, 0.25) is 5.02 Å². The molecule has 5 rings (SSSR count). The zero-order valence-corrected chi connectivity index (χ0v) is 22.6. The summed E-state index contributed by atoms with van der Waals surface area (Å²) in [7, 11) is 1.59. The second kappa shape index (κ2) is 10.4. The second-order valence-electron chi connectivity index (χ2n) is 10.5. The Bertz CT molecular complexity index is 1400. The molecule has 2 heterocycles. The van der Waals surface area contributed by atoms with Crippen molar-refractivity contribution in [2.75, 3.05) is 7.11 Å². The van der Waals surface area contributed by atoms with Crippen LogP contribution in [0.5, 0.6) is 5.75 Å². The molecule has 1 atom stereocenters. The Morgan fingerprint density at radius 2 is 1.95 bits per heavy atom. The van der Waals surface area contributed by atoms with Crippen LogP contribution in [0.4, 0.5) is 9.18 Å². The largest absolute Gasteiger partial charge is 0.528 e. The third-order valence-corrected chi connectivity index (χ3v) is 6.81. The van der Waals surface area contributed by atoms with Gasteiger partial charge in [-0.05, 0) is 87.6 Å². The number of nitrogens with zero attached hydrogens (tertiary/aromatic N) is 4. The molecule has 200 valence electrons. The molecule has 2 aromatic carbocycles. The Labute approximate surface area is 225 Å². The van der Waals surface area contributed by atoms with Crippen molar-refractivity contribution in [3.8, 4) is 11.4 Å². The number of hydroxylamine groups is 2. The number of hydrogen-bond donors (Lipinski definition) is 0. The SMILES string of the molecule is COc1ccc(F)cc1C1=CCC(c2nnc3n2-c2ccc(Cl)cc2CN(OC(=O)OC(C)(C)C)C3)CC1. The van der Waals surface area contributed by atoms with Gasteiger partial charge >= 0.3 is 6.16 Å². The van der Waals surface area contributed by atoms with Gasteiger partial charge in [-0.2, -0.15) is 0 Å². The van der Waals surface area contributed by atoms with E-state index in [4.69, 9.17) is 25.9 Å². The second-order valence-corrected chi connectivity index (χ2v) is 10.9. The number of rotatable bonds is 4. The molecule has 0 fully saturated rings. The van der Waals surface area contributed by atoms with E-state index in [1.54, 1.807) is 33.9 Å². The number of benzene rings is 2. The highest BCUT2D eigenvalue weighted by molar-refractivity contribution is 6.30. The molecule has 1 aromatic heterocycles. The Balaban J connectivity index is 1.44. The Morgan fingerprint density at radius 3 is 2.66 bits per heavy atom. The third-order valence-electron chi connectivity index (χ3n) is 6.58. The first-order chi connectivity index (χ1) is 18.1. The van der Waals surface area contributed by atoms with Crippen LogP contribution < -0.4 is 4.74 Å². The number of fused-ring (bicyclic) bond motifs is 3. The summed E-state index contributed by atoms with van der Waals surface area (Å²) in [4.78, 5) is 17.9. The molecule has 38 heavy (non-hydrogen) atoms. The molecule has 0 N–H and O–H groups in total. The van der Waals surface area contributed by atoms with Crippen LogP contribution in [0.15, 0.2) is 42.5 Å². The first-order valence-corrected chi connectivity index (χ1v) is 12.9. The van der Waals surface area contributed by atoms with Crippen LogP contribution in [0.25, 0.3) is 11.3 Å². The van der Waals surface area contributed by atoms with Crippen LogP contribution in [0, 0.1) is 5.82 Å². The summed E-state index contributed by atoms with van der Waals surface area (Å²) in [6.45, 7) is 5.88. The van der Waals surface area contributed by atoms with Gasteiger partial charge in [0.05, 0.1) is 25.9 Å². The monoisotopic (exact) mass is 540 g/mol. The van der Waals surface area contributed by atoms with E-state index < -0.39 is 11.8 Å². The summed E-state index contributed by atoms with van der Waals surface area (Å²) in [5.74, 6) is 1.93. The highest BCUT2D eigenvalue weighted by atomic mass is 35.5. The Morgan fingerprint density at radius 1 is 1.13 bits per heavy atom. The molecule has 2 aliphatic rings. The van der Waals surface area contributed by atoms with Crippen molar-refractivity contribution in [1.29, 1.82) is 0 Å². The average molecular weight is 541 g/mol. The predicted octanol–water partition coefficient (Wildman–Crippen LogP) is 6.60. The van der Waals surface area contributed by atoms with Gasteiger partial charge in [0.1, 0.15) is 23.0 Å². The minimum Gasteiger partial charge on any atom is -0.496 e. The van der Waals surface area contributed by atoms with Gasteiger partial charge in [0.25, 0.3) is 0 Å². The molecule has 1 aliphatic carbocycles. The number of carbonyl (C=O) groups is 1. The van der Waals surface area contributed by atoms with Crippen molar-refractivity contribution in [3.05, 3.63) is 76.1 Å². The average Bonchev–Trinajstić information content (AvgIpc) is 3.19. The highest BCUT2D eigenvalue weighted by Crippen LogP contribution is 2.40. The summed E-state index contributed by atoms with van der Waals surface area (Å²) in [6.07, 6.45) is 3.61. The summed E-state index contributed by atoms with van der Waals surface area (Å²) in [5, 5.41) is 11.1. The molecular weight excluding hydrogens is 511 g/mol. The molecule has 10 heteroatoms. The fourth-order valence-corrected chi connectivity index (χ4v) is 5.14. The number of methoxy groups -OCH3 is 1. The lowest BCUT2D eigenvalue weighted by molar-refractivity contribution is -0.155. The minimum atomic E-state index is -0.785. The van der Waals surface area contributed by atoms with E-state index in [1.807, 2.05) is 22.8 Å². The number of hydrogen-bond acceptors (Lipinski definition) is 7. The highest BCUT2D eigenvalue weighted by Gasteiger charge is 2.31. The van der Waals surface area contributed by atoms with Crippen LogP contribution in [0.3, 0.4) is 0 Å². The molecule has 0 amide bonds. The molecule has 1 unspecified atom stereocenters. The zero-order valence-electron chi connectivity index (χ0n) is 21.8. The van der Waals surface area contributed by atoms with Crippen LogP contribution in [-0.4, -0.2) is 38.7 Å². The summed E-state index contributed by atoms with van der Waals surface area (Å²) in [6, 6.07) is 10.2. The van der Waals surface area contributed by atoms with Crippen molar-refractivity contribution in [2.24, 2.45) is 0 Å². The molecular formula is C28H30ClFN4O4. The first kappa shape index (κ1) is 26.2. The maximum absolute atomic E-state index is 14.0. The normalized spacial score (nSPS) is 17.6. The van der Waals surface area contributed by atoms with Crippen LogP contribution in [0.1, 0.15) is 68.7 Å². The van der Waals surface area contributed by atoms with E-state index in [1.165, 1.54) is 17.2 Å². The first-order valence-electron chi connectivity index (χ1n) is 12.5. The smallest absolute Gasteiger partial charge is 0.496 e. The van der Waals surface area contributed by atoms with E-state index in [9.17, 15) is 9.18 Å². The van der Waals surface area contributed by atoms with Crippen LogP contribution >= 0.6 is 11.6 Å². The topological polar surface area (TPSA) is 78.7 Å². The lowest BCUT2D eigenvalue weighted by atomic mass is 9.85. The van der Waals surface area contributed by atoms with Gasteiger partial charge in [-0.1, -0.05) is 17.7 Å². The van der Waals surface area contributed by atoms with Crippen molar-refractivity contribution in [3.63, 3.8) is 0 Å². The summed E-state index contributed by atoms with van der Waals surface area (Å²) < 4.78 is 26.8. The molecule has 0 saturated heterocycles. The lowest BCUT2D eigenvalue weighted by Gasteiger charge is -2.23. The number of ether oxygens (including phenoxy) is 2. The van der Waals surface area contributed by atoms with E-state index in [0.717, 1.165) is 41.1 Å². The van der Waals surface area contributed by atoms with E-state index in [-0.39, 0.29) is 18.3 Å². The standard InChI is InChI=1S/C28H30ClFN4O4/c1-28(2,3)37-27(35)38-33-15-19-13-20(29)9-11-23(19)34-25(16-33)31-32-26(34)18-7-5-17(6-8-18)22-14-21(30)10-12-24(22)36-4/h5,9-14,18H,6-8,15-16H2,1-4H3. The van der Waals surface area contributed by atoms with Gasteiger partial charge in [0, 0.05) is 16.5 Å². The van der Waals surface area contributed by atoms with Crippen LogP contribution in [-0.2, 0) is 22.7 Å². The van der Waals surface area contributed by atoms with Crippen molar-refractivity contribution in [2.45, 2.75) is 64.6 Å². The van der Waals surface area contributed by atoms with Crippen molar-refractivity contribution >= 4 is 23.3 Å². The molecule has 3 aromatic rings. The Hall–Kier alpha value is -3.43. The van der Waals surface area contributed by atoms with Gasteiger partial charge in [0.2, 0.25) is 0 Å². The molecule has 0 radical (unpaired) electrons. The number of carbonyl (C=O) groups excluding carboxylic acids is 1. The van der Waals surface area contributed by atoms with Gasteiger partial charge in [-0.3, -0.25) is 4.57 Å². The van der Waals surface area contributed by atoms with Gasteiger partial charge < -0.3 is 14.3 Å². The quantitative estimate of drug-likeness (QED) is 0.345. The maximum Gasteiger partial charge on any atom is 0.528 e. The van der Waals surface area contributed by atoms with Gasteiger partial charge in [-0.25, -0.2) is 9.18 Å². The molecule has 0 spiro atoms. The van der Waals surface area contributed by atoms with Crippen molar-refractivity contribution < 1.29 is 23.5 Å². The minimum absolute atomic E-state index is 0.0985. The molecule has 0 bridgehead atoms. The van der Waals surface area contributed by atoms with Crippen molar-refractivity contribution in [1.82, 2.24) is 19.8 Å². The summed E-state index contributed by atoms with van der Waals surface area (Å²) in [5.41, 5.74) is 2.91. The number of halogens is 2. The maximum atomic E-state index is 14.0. The number of allylic oxidation sites excluding steroid dienone is 2. The predicted molar refractivity (Wildman–Crippen MR) is 140 cm³/mol. The van der Waals surface area contributed by atoms with Gasteiger partial charge in [-0.15, -0.1) is 15.3 Å². The molecule has 1 aliphatic heterocycles. The fourth-order valence-electron chi connectivity index (χ4n) is 4.95. The lowest BCUT2D eigenvalue weighted by Crippen LogP contribution is -2.31. The molecule has 8 nitrogen and oxygen atoms in total. The molecule has 0 saturated carbocycles. The van der Waals surface area contributed by atoms with E-state index >= 15 is 0 Å². The van der Waals surface area contributed by atoms with Gasteiger partial charge in [0.15, 0.2) is 5.82 Å². The third kappa shape index (κ3) is 5.54.